The summed E-state index contributed by atoms with van der Waals surface area (Å²) in [5, 5.41) is 3.32. The van der Waals surface area contributed by atoms with Gasteiger partial charge >= 0.3 is 0 Å². The molecule has 1 fully saturated rings. The highest BCUT2D eigenvalue weighted by Gasteiger charge is 2.20. The van der Waals surface area contributed by atoms with Gasteiger partial charge in [-0.3, -0.25) is 4.90 Å². The highest BCUT2D eigenvalue weighted by molar-refractivity contribution is 5.20. The minimum absolute atomic E-state index is 0.664. The zero-order valence-corrected chi connectivity index (χ0v) is 9.86. The first-order valence-electron chi connectivity index (χ1n) is 5.96. The first-order chi connectivity index (χ1) is 7.88. The molecule has 3 heteroatoms. The van der Waals surface area contributed by atoms with Crippen LogP contribution in [0, 0.1) is 0 Å². The number of nitrogens with one attached hydrogen (secondary N) is 1. The molecular weight excluding hydrogens is 200 g/mol. The summed E-state index contributed by atoms with van der Waals surface area (Å²) in [6.07, 6.45) is 1.25. The van der Waals surface area contributed by atoms with E-state index >= 15 is 0 Å². The Morgan fingerprint density at radius 1 is 1.38 bits per heavy atom. The lowest BCUT2D eigenvalue weighted by molar-refractivity contribution is 0.235. The van der Waals surface area contributed by atoms with Gasteiger partial charge in [0, 0.05) is 19.1 Å². The monoisotopic (exact) mass is 220 g/mol. The fourth-order valence-corrected chi connectivity index (χ4v) is 2.08. The maximum absolute atomic E-state index is 5.67. The number of likely N-dealkylation sites (N-methyl/N-ethyl adjacent to an activating group) is 1. The maximum atomic E-state index is 5.67. The summed E-state index contributed by atoms with van der Waals surface area (Å²) in [4.78, 5) is 2.45. The molecule has 1 aromatic carbocycles. The molecule has 0 spiro atoms. The van der Waals surface area contributed by atoms with Gasteiger partial charge in [-0.05, 0) is 32.1 Å². The molecule has 88 valence electrons. The second-order valence-corrected chi connectivity index (χ2v) is 4.24. The van der Waals surface area contributed by atoms with Crippen LogP contribution < -0.4 is 10.1 Å². The van der Waals surface area contributed by atoms with Crippen LogP contribution in [0.1, 0.15) is 6.42 Å². The minimum Gasteiger partial charge on any atom is -0.492 e. The second kappa shape index (κ2) is 5.87. The lowest BCUT2D eigenvalue weighted by Gasteiger charge is -2.16. The quantitative estimate of drug-likeness (QED) is 0.811. The van der Waals surface area contributed by atoms with E-state index < -0.39 is 0 Å². The van der Waals surface area contributed by atoms with Crippen molar-refractivity contribution >= 4 is 0 Å². The van der Waals surface area contributed by atoms with Crippen molar-refractivity contribution in [2.24, 2.45) is 0 Å². The van der Waals surface area contributed by atoms with Gasteiger partial charge in [-0.2, -0.15) is 0 Å². The summed E-state index contributed by atoms with van der Waals surface area (Å²) in [6.45, 7) is 4.13. The molecule has 1 heterocycles. The summed E-state index contributed by atoms with van der Waals surface area (Å²) in [5.41, 5.74) is 0. The minimum atomic E-state index is 0.664. The van der Waals surface area contributed by atoms with Gasteiger partial charge in [0.1, 0.15) is 12.4 Å². The average Bonchev–Trinajstić information content (AvgIpc) is 2.78. The summed E-state index contributed by atoms with van der Waals surface area (Å²) < 4.78 is 5.67. The van der Waals surface area contributed by atoms with Crippen LogP contribution in [0.4, 0.5) is 0 Å². The molecule has 1 atom stereocenters. The molecule has 1 aromatic rings. The number of nitrogens with zero attached hydrogens (tertiary/aromatic N) is 1. The number of rotatable bonds is 5. The van der Waals surface area contributed by atoms with E-state index in [1.165, 1.54) is 13.0 Å². The SMILES string of the molecule is CNC1CCN(CCOc2ccccc2)C1. The molecule has 1 N–H and O–H groups in total. The Balaban J connectivity index is 1.65. The first-order valence-corrected chi connectivity index (χ1v) is 5.96. The summed E-state index contributed by atoms with van der Waals surface area (Å²) in [6, 6.07) is 10.7. The Kier molecular flexibility index (Phi) is 4.19. The van der Waals surface area contributed by atoms with E-state index in [0.717, 1.165) is 25.4 Å². The van der Waals surface area contributed by atoms with Crippen LogP contribution in [-0.2, 0) is 0 Å². The van der Waals surface area contributed by atoms with Crippen LogP contribution in [0.2, 0.25) is 0 Å². The smallest absolute Gasteiger partial charge is 0.119 e. The topological polar surface area (TPSA) is 24.5 Å². The highest BCUT2D eigenvalue weighted by Crippen LogP contribution is 2.10. The Bertz CT molecular complexity index is 302. The third kappa shape index (κ3) is 3.22. The summed E-state index contributed by atoms with van der Waals surface area (Å²) in [5.74, 6) is 0.965. The van der Waals surface area contributed by atoms with Gasteiger partial charge < -0.3 is 10.1 Å². The molecule has 3 nitrogen and oxygen atoms in total. The van der Waals surface area contributed by atoms with Gasteiger partial charge in [-0.1, -0.05) is 18.2 Å². The summed E-state index contributed by atoms with van der Waals surface area (Å²) in [7, 11) is 2.04. The van der Waals surface area contributed by atoms with E-state index in [2.05, 4.69) is 10.2 Å². The molecule has 1 unspecified atom stereocenters. The Labute approximate surface area is 97.4 Å². The molecule has 16 heavy (non-hydrogen) atoms. The van der Waals surface area contributed by atoms with Crippen molar-refractivity contribution in [3.8, 4) is 5.75 Å². The molecule has 1 aliphatic heterocycles. The van der Waals surface area contributed by atoms with Crippen molar-refractivity contribution in [3.63, 3.8) is 0 Å². The Morgan fingerprint density at radius 2 is 2.19 bits per heavy atom. The number of hydrogen-bond donors (Lipinski definition) is 1. The number of hydrogen-bond acceptors (Lipinski definition) is 3. The standard InChI is InChI=1S/C13H20N2O/c1-14-12-7-8-15(11-12)9-10-16-13-5-3-2-4-6-13/h2-6,12,14H,7-11H2,1H3. The Morgan fingerprint density at radius 3 is 2.88 bits per heavy atom. The van der Waals surface area contributed by atoms with Crippen LogP contribution in [0.25, 0.3) is 0 Å². The van der Waals surface area contributed by atoms with Crippen molar-refractivity contribution in [3.05, 3.63) is 30.3 Å². The normalized spacial score (nSPS) is 21.2. The second-order valence-electron chi connectivity index (χ2n) is 4.24. The zero-order valence-electron chi connectivity index (χ0n) is 9.86. The first kappa shape index (κ1) is 11.4. The van der Waals surface area contributed by atoms with Gasteiger partial charge in [0.15, 0.2) is 0 Å². The van der Waals surface area contributed by atoms with E-state index in [-0.39, 0.29) is 0 Å². The molecule has 0 aliphatic carbocycles. The van der Waals surface area contributed by atoms with Gasteiger partial charge in [-0.15, -0.1) is 0 Å². The third-order valence-electron chi connectivity index (χ3n) is 3.10. The van der Waals surface area contributed by atoms with Crippen LogP contribution in [0.3, 0.4) is 0 Å². The fraction of sp³-hybridized carbons (Fsp3) is 0.538. The number of benzene rings is 1. The van der Waals surface area contributed by atoms with Gasteiger partial charge in [0.05, 0.1) is 0 Å². The van der Waals surface area contributed by atoms with Gasteiger partial charge in [-0.25, -0.2) is 0 Å². The van der Waals surface area contributed by atoms with Gasteiger partial charge in [0.25, 0.3) is 0 Å². The van der Waals surface area contributed by atoms with Crippen molar-refractivity contribution in [2.75, 3.05) is 33.3 Å². The molecule has 0 saturated carbocycles. The van der Waals surface area contributed by atoms with Crippen molar-refractivity contribution < 1.29 is 4.74 Å². The molecular formula is C13H20N2O. The third-order valence-corrected chi connectivity index (χ3v) is 3.10. The van der Waals surface area contributed by atoms with Gasteiger partial charge in [0.2, 0.25) is 0 Å². The van der Waals surface area contributed by atoms with Crippen LogP contribution in [0.5, 0.6) is 5.75 Å². The van der Waals surface area contributed by atoms with Crippen molar-refractivity contribution in [1.29, 1.82) is 0 Å². The van der Waals surface area contributed by atoms with Crippen LogP contribution >= 0.6 is 0 Å². The molecule has 1 saturated heterocycles. The fourth-order valence-electron chi connectivity index (χ4n) is 2.08. The van der Waals surface area contributed by atoms with Crippen molar-refractivity contribution in [2.45, 2.75) is 12.5 Å². The van der Waals surface area contributed by atoms with E-state index in [1.807, 2.05) is 37.4 Å². The molecule has 0 amide bonds. The molecule has 0 aromatic heterocycles. The van der Waals surface area contributed by atoms with Crippen molar-refractivity contribution in [1.82, 2.24) is 10.2 Å². The van der Waals surface area contributed by atoms with E-state index in [4.69, 9.17) is 4.74 Å². The largest absolute Gasteiger partial charge is 0.492 e. The Hall–Kier alpha value is -1.06. The molecule has 2 rings (SSSR count). The summed E-state index contributed by atoms with van der Waals surface area (Å²) >= 11 is 0. The predicted octanol–water partition coefficient (Wildman–Crippen LogP) is 1.36. The van der Waals surface area contributed by atoms with E-state index in [0.29, 0.717) is 6.04 Å². The molecule has 1 aliphatic rings. The van der Waals surface area contributed by atoms with E-state index in [1.54, 1.807) is 0 Å². The number of likely N-dealkylation sites (tertiary alicyclic amines) is 1. The average molecular weight is 220 g/mol. The highest BCUT2D eigenvalue weighted by atomic mass is 16.5. The molecule has 0 bridgehead atoms. The maximum Gasteiger partial charge on any atom is 0.119 e. The lowest BCUT2D eigenvalue weighted by atomic mass is 10.3. The molecule has 0 radical (unpaired) electrons. The van der Waals surface area contributed by atoms with Crippen LogP contribution in [0.15, 0.2) is 30.3 Å². The number of para-hydroxylation sites is 1. The number of ether oxygens (including phenoxy) is 1. The van der Waals surface area contributed by atoms with E-state index in [9.17, 15) is 0 Å². The zero-order chi connectivity index (χ0) is 11.2. The lowest BCUT2D eigenvalue weighted by Crippen LogP contribution is -2.31. The van der Waals surface area contributed by atoms with Crippen LogP contribution in [-0.4, -0.2) is 44.2 Å². The predicted molar refractivity (Wildman–Crippen MR) is 65.8 cm³/mol.